The van der Waals surface area contributed by atoms with Crippen molar-refractivity contribution in [2.45, 2.75) is 131 Å². The number of aromatic nitrogens is 3. The first kappa shape index (κ1) is 73.1. The summed E-state index contributed by atoms with van der Waals surface area (Å²) in [6, 6.07) is 3.99. The molecule has 0 spiro atoms. The average molecular weight is 1370 g/mol. The van der Waals surface area contributed by atoms with E-state index in [1.165, 1.54) is 30.4 Å². The molecule has 520 valence electrons. The number of imidazole rings is 1. The number of carbonyl (C=O) groups is 7. The molecule has 3 fully saturated rings. The lowest BCUT2D eigenvalue weighted by Gasteiger charge is -2.34. The van der Waals surface area contributed by atoms with E-state index in [0.29, 0.717) is 40.2 Å². The SMILES string of the molecule is COCCCCOc1ccc(-c2nn3cc(-c4ccc(C(=O)NC5C[C@@H](O)CNC(=O)[C@@H]6[C@@H](O)[C@@H](C)CN6C(=O)[C@H]([C@H](O)CCNC(CO)CO)NC(=O)[C@H]([C@H](O)Cc6ccc(O)c(OS(O)(O)O)c6)NC(=O)[C@@H]6C[C@@H](O)CN6C(=O)[C@H]([C@@H](C)O)NC5=O)cc4)nc3s2)cc1. The first-order valence-electron chi connectivity index (χ1n) is 30.5. The lowest BCUT2D eigenvalue weighted by Crippen LogP contribution is -2.64. The van der Waals surface area contributed by atoms with Gasteiger partial charge in [-0.15, -0.1) is 0 Å². The van der Waals surface area contributed by atoms with Crippen LogP contribution in [-0.4, -0.2) is 264 Å². The summed E-state index contributed by atoms with van der Waals surface area (Å²) in [5.74, 6) is -9.83. The molecule has 5 heterocycles. The maximum Gasteiger partial charge on any atom is 0.266 e. The van der Waals surface area contributed by atoms with Crippen LogP contribution < -0.4 is 40.8 Å². The van der Waals surface area contributed by atoms with Crippen LogP contribution in [0.1, 0.15) is 61.9 Å². The molecule has 8 rings (SSSR count). The Kier molecular flexibility index (Phi) is 25.2. The number of ether oxygens (including phenoxy) is 2. The first-order valence-corrected chi connectivity index (χ1v) is 32.8. The van der Waals surface area contributed by atoms with Gasteiger partial charge in [0.1, 0.15) is 47.0 Å². The van der Waals surface area contributed by atoms with E-state index in [2.05, 4.69) is 36.1 Å². The van der Waals surface area contributed by atoms with Crippen LogP contribution in [0.25, 0.3) is 26.8 Å². The van der Waals surface area contributed by atoms with E-state index in [1.807, 2.05) is 24.3 Å². The van der Waals surface area contributed by atoms with Crippen molar-refractivity contribution in [3.8, 4) is 39.1 Å². The molecular formula is C60H81N11O22S2. The summed E-state index contributed by atoms with van der Waals surface area (Å²) in [4.78, 5) is 109. The van der Waals surface area contributed by atoms with E-state index < -0.39 is 207 Å². The molecule has 1 unspecified atom stereocenters. The second-order valence-electron chi connectivity index (χ2n) is 23.6. The summed E-state index contributed by atoms with van der Waals surface area (Å²) in [6.45, 7) is 0.699. The van der Waals surface area contributed by atoms with Gasteiger partial charge in [0.15, 0.2) is 11.5 Å². The first-order chi connectivity index (χ1) is 45.2. The quantitative estimate of drug-likeness (QED) is 0.0299. The molecule has 3 aromatic carbocycles. The zero-order valence-corrected chi connectivity index (χ0v) is 53.5. The number of aromatic hydroxyl groups is 1. The van der Waals surface area contributed by atoms with Gasteiger partial charge in [-0.2, -0.15) is 5.10 Å². The summed E-state index contributed by atoms with van der Waals surface area (Å²) in [6.07, 6.45) is -9.68. The van der Waals surface area contributed by atoms with Crippen molar-refractivity contribution < 1.29 is 107 Å². The van der Waals surface area contributed by atoms with Gasteiger partial charge in [0.05, 0.1) is 74.4 Å². The van der Waals surface area contributed by atoms with E-state index in [0.717, 1.165) is 53.3 Å². The molecule has 0 saturated carbocycles. The van der Waals surface area contributed by atoms with E-state index >= 15 is 0 Å². The van der Waals surface area contributed by atoms with Crippen LogP contribution in [0.2, 0.25) is 0 Å². The number of benzene rings is 3. The number of methoxy groups -OCH3 is 1. The highest BCUT2D eigenvalue weighted by Crippen LogP contribution is 2.41. The third-order valence-corrected chi connectivity index (χ3v) is 17.7. The number of carbonyl (C=O) groups excluding carboxylic acids is 7. The Bertz CT molecular complexity index is 3430. The number of hydrogen-bond acceptors (Lipinski definition) is 26. The molecular weight excluding hydrogens is 1290 g/mol. The van der Waals surface area contributed by atoms with Crippen molar-refractivity contribution >= 4 is 68.8 Å². The third-order valence-electron chi connectivity index (χ3n) is 16.3. The van der Waals surface area contributed by atoms with Gasteiger partial charge in [-0.3, -0.25) is 47.2 Å². The number of hydrogen-bond donors (Lipinski definition) is 18. The van der Waals surface area contributed by atoms with Gasteiger partial charge in [-0.1, -0.05) is 36.5 Å². The van der Waals surface area contributed by atoms with Gasteiger partial charge in [0.25, 0.3) is 17.1 Å². The highest BCUT2D eigenvalue weighted by atomic mass is 32.3. The number of unbranched alkanes of at least 4 members (excludes halogenated alkanes) is 1. The Balaban J connectivity index is 1.08. The Morgan fingerprint density at radius 2 is 1.44 bits per heavy atom. The zero-order chi connectivity index (χ0) is 69.0. The van der Waals surface area contributed by atoms with Gasteiger partial charge in [0, 0.05) is 75.2 Å². The van der Waals surface area contributed by atoms with Crippen molar-refractivity contribution in [3.63, 3.8) is 0 Å². The van der Waals surface area contributed by atoms with Crippen LogP contribution in [0.15, 0.2) is 72.9 Å². The minimum Gasteiger partial charge on any atom is -0.504 e. The fourth-order valence-corrected chi connectivity index (χ4v) is 12.4. The van der Waals surface area contributed by atoms with Crippen LogP contribution in [0, 0.1) is 5.92 Å². The Morgan fingerprint density at radius 3 is 2.11 bits per heavy atom. The molecule has 3 aliphatic rings. The van der Waals surface area contributed by atoms with Crippen LogP contribution in [0.3, 0.4) is 0 Å². The summed E-state index contributed by atoms with van der Waals surface area (Å²) >= 11 is -3.40. The van der Waals surface area contributed by atoms with Crippen LogP contribution >= 0.6 is 22.5 Å². The standard InChI is InChI=1S/C60H81N11O22S2/c1-30-25-70-50(51(30)80)56(85)62-24-37(75)22-40(63-52(81)34-9-7-33(8-10-34)41-27-71-60(64-41)94-57(68-71)35-11-13-39(14-12-35)92-19-5-4-18-91-3)53(82)65-47(31(2)74)58(86)69-26-38(76)23-42(69)54(83)66-48(45(79)20-32-6-15-43(77)46(21-32)93-95(88,89)90)55(84)67-49(59(70)87)44(78)16-17-61-36(28-72)29-73/h6-15,21,27,30-31,36-38,40,42,44-45,47-51,61,72-80,88-90H,4-5,16-20,22-26,28-29H2,1-3H3,(H,62,85)(H,63,81)(H,65,82)(H,66,83)(H,67,84)/t30-,31+,37+,38+,40?,42-,44+,45+,47-,48-,49-,50-,51-/m0/s1. The zero-order valence-electron chi connectivity index (χ0n) is 51.9. The van der Waals surface area contributed by atoms with Crippen LogP contribution in [0.4, 0.5) is 0 Å². The molecule has 0 bridgehead atoms. The Morgan fingerprint density at radius 1 is 0.779 bits per heavy atom. The van der Waals surface area contributed by atoms with E-state index in [9.17, 15) is 93.2 Å². The number of nitrogens with zero attached hydrogens (tertiary/aromatic N) is 5. The van der Waals surface area contributed by atoms with Gasteiger partial charge >= 0.3 is 0 Å². The number of phenols is 1. The number of aliphatic hydroxyl groups excluding tert-OH is 8. The van der Waals surface area contributed by atoms with Gasteiger partial charge < -0.3 is 101 Å². The van der Waals surface area contributed by atoms with Crippen molar-refractivity contribution in [2.24, 2.45) is 5.92 Å². The van der Waals surface area contributed by atoms with Crippen molar-refractivity contribution in [1.82, 2.24) is 56.3 Å². The van der Waals surface area contributed by atoms with E-state index in [1.54, 1.807) is 30.0 Å². The smallest absolute Gasteiger partial charge is 0.266 e. The molecule has 0 aliphatic carbocycles. The van der Waals surface area contributed by atoms with Crippen LogP contribution in [0.5, 0.6) is 17.2 Å². The predicted octanol–water partition coefficient (Wildman–Crippen LogP) is -2.57. The molecule has 35 heteroatoms. The molecule has 0 radical (unpaired) electrons. The van der Waals surface area contributed by atoms with Crippen molar-refractivity contribution in [1.29, 1.82) is 0 Å². The number of β-amino-alcohol motifs (C(OH)–C–C–N with tert-alkyl or cyclic N) is 1. The van der Waals surface area contributed by atoms with Gasteiger partial charge in [-0.05, 0) is 86.8 Å². The molecule has 7 amide bonds. The van der Waals surface area contributed by atoms with Gasteiger partial charge in [-0.25, -0.2) is 9.50 Å². The lowest BCUT2D eigenvalue weighted by molar-refractivity contribution is -0.147. The lowest BCUT2D eigenvalue weighted by atomic mass is 9.98. The molecule has 33 nitrogen and oxygen atoms in total. The van der Waals surface area contributed by atoms with Crippen molar-refractivity contribution in [2.75, 3.05) is 59.7 Å². The molecule has 5 aromatic rings. The van der Waals surface area contributed by atoms with E-state index in [4.69, 9.17) is 19.6 Å². The highest BCUT2D eigenvalue weighted by Gasteiger charge is 2.50. The second kappa shape index (κ2) is 32.8. The maximum atomic E-state index is 15.0. The molecule has 2 aromatic heterocycles. The fourth-order valence-electron chi connectivity index (χ4n) is 11.2. The number of phenolic OH excluding ortho intramolecular Hbond substituents is 1. The second-order valence-corrected chi connectivity index (χ2v) is 25.6. The molecule has 13 atom stereocenters. The molecule has 18 N–H and O–H groups in total. The maximum absolute atomic E-state index is 15.0. The number of aliphatic hydroxyl groups is 8. The Labute approximate surface area is 549 Å². The summed E-state index contributed by atoms with van der Waals surface area (Å²) in [5.41, 5.74) is 1.85. The normalized spacial score (nSPS) is 24.8. The third kappa shape index (κ3) is 18.9. The number of nitrogens with one attached hydrogen (secondary N) is 6. The summed E-state index contributed by atoms with van der Waals surface area (Å²) < 4.78 is 45.9. The molecule has 3 saturated heterocycles. The van der Waals surface area contributed by atoms with Gasteiger partial charge in [0.2, 0.25) is 40.4 Å². The predicted molar refractivity (Wildman–Crippen MR) is 338 cm³/mol. The van der Waals surface area contributed by atoms with Crippen molar-refractivity contribution in [3.05, 3.63) is 84.1 Å². The molecule has 95 heavy (non-hydrogen) atoms. The minimum absolute atomic E-state index is 0.00725. The number of amides is 7. The highest BCUT2D eigenvalue weighted by molar-refractivity contribution is 8.15. The number of rotatable bonds is 23. The summed E-state index contributed by atoms with van der Waals surface area (Å²) in [7, 11) is 1.65. The summed E-state index contributed by atoms with van der Waals surface area (Å²) in [5, 5.41) is 119. The Hall–Kier alpha value is -7.72. The fraction of sp³-hybridized carbons (Fsp3) is 0.517. The van der Waals surface area contributed by atoms with E-state index in [-0.39, 0.29) is 17.7 Å². The molecule has 3 aliphatic heterocycles. The minimum atomic E-state index is -4.75. The number of fused-ring (bicyclic) bond motifs is 3. The van der Waals surface area contributed by atoms with Crippen LogP contribution in [-0.2, 0) is 39.9 Å². The average Bonchev–Trinajstić information content (AvgIpc) is 1.69. The largest absolute Gasteiger partial charge is 0.504 e. The topological polar surface area (TPSA) is 499 Å². The monoisotopic (exact) mass is 1370 g/mol.